The summed E-state index contributed by atoms with van der Waals surface area (Å²) in [4.78, 5) is 48.6. The number of unbranched alkanes of at least 4 members (excludes halogenated alkanes) is 14. The molecule has 0 aromatic carbocycles. The Balaban J connectivity index is 3.95. The van der Waals surface area contributed by atoms with Crippen molar-refractivity contribution in [3.05, 3.63) is 0 Å². The van der Waals surface area contributed by atoms with Crippen molar-refractivity contribution in [1.29, 1.82) is 0 Å². The maximum absolute atomic E-state index is 12.2. The van der Waals surface area contributed by atoms with E-state index in [2.05, 4.69) is 27.7 Å². The van der Waals surface area contributed by atoms with Crippen LogP contribution in [-0.4, -0.2) is 61.5 Å². The van der Waals surface area contributed by atoms with Gasteiger partial charge in [-0.3, -0.25) is 14.4 Å². The van der Waals surface area contributed by atoms with Gasteiger partial charge in [-0.05, 0) is 76.0 Å². The minimum Gasteiger partial charge on any atom is -0.466 e. The van der Waals surface area contributed by atoms with Crippen LogP contribution in [0.3, 0.4) is 0 Å². The quantitative estimate of drug-likeness (QED) is 0.0378. The summed E-state index contributed by atoms with van der Waals surface area (Å²) < 4.78 is 21.4. The lowest BCUT2D eigenvalue weighted by molar-refractivity contribution is -0.160. The summed E-state index contributed by atoms with van der Waals surface area (Å²) in [5.41, 5.74) is 0. The fourth-order valence-electron chi connectivity index (χ4n) is 6.10. The molecule has 9 heteroatoms. The van der Waals surface area contributed by atoms with Crippen molar-refractivity contribution < 1.29 is 43.2 Å². The number of rotatable bonds is 37. The van der Waals surface area contributed by atoms with E-state index >= 15 is 0 Å². The van der Waals surface area contributed by atoms with Gasteiger partial charge < -0.3 is 24.1 Å². The molecule has 3 unspecified atom stereocenters. The molecule has 0 radical (unpaired) electrons. The van der Waals surface area contributed by atoms with Crippen molar-refractivity contribution in [2.75, 3.05) is 26.4 Å². The SMILES string of the molecule is CCCCCCCC(CCCC)COC(=O)CCCCCOC(=O)CC(O)C(=O)OCCCCCC(=O)OCC(CCCC)CCCCCCC. The summed E-state index contributed by atoms with van der Waals surface area (Å²) in [5.74, 6) is -0.995. The summed E-state index contributed by atoms with van der Waals surface area (Å²) in [5, 5.41) is 10.0. The van der Waals surface area contributed by atoms with Crippen LogP contribution in [-0.2, 0) is 38.1 Å². The van der Waals surface area contributed by atoms with Crippen molar-refractivity contribution in [2.45, 2.75) is 207 Å². The zero-order valence-electron chi connectivity index (χ0n) is 33.4. The third kappa shape index (κ3) is 32.2. The largest absolute Gasteiger partial charge is 0.466 e. The molecule has 0 aliphatic rings. The van der Waals surface area contributed by atoms with Gasteiger partial charge in [0.2, 0.25) is 0 Å². The lowest BCUT2D eigenvalue weighted by atomic mass is 9.96. The first-order valence-corrected chi connectivity index (χ1v) is 21.1. The number of aliphatic hydroxyl groups excluding tert-OH is 1. The molecule has 0 saturated carbocycles. The first kappa shape index (κ1) is 48.8. The number of ether oxygens (including phenoxy) is 4. The number of esters is 4. The van der Waals surface area contributed by atoms with E-state index in [1.165, 1.54) is 64.2 Å². The number of aliphatic hydroxyl groups is 1. The molecule has 9 nitrogen and oxygen atoms in total. The van der Waals surface area contributed by atoms with E-state index in [1.54, 1.807) is 0 Å². The van der Waals surface area contributed by atoms with Crippen LogP contribution in [0.15, 0.2) is 0 Å². The second-order valence-electron chi connectivity index (χ2n) is 14.5. The van der Waals surface area contributed by atoms with Crippen molar-refractivity contribution in [3.63, 3.8) is 0 Å². The normalized spacial score (nSPS) is 13.0. The average Bonchev–Trinajstić information content (AvgIpc) is 3.12. The first-order chi connectivity index (χ1) is 24.8. The fraction of sp³-hybridized carbons (Fsp3) is 0.905. The third-order valence-electron chi connectivity index (χ3n) is 9.51. The summed E-state index contributed by atoms with van der Waals surface area (Å²) in [7, 11) is 0. The number of carbonyl (C=O) groups is 4. The molecule has 1 N–H and O–H groups in total. The molecular formula is C42H78O9. The summed E-state index contributed by atoms with van der Waals surface area (Å²) in [6.07, 6.45) is 24.0. The van der Waals surface area contributed by atoms with E-state index in [-0.39, 0.29) is 25.2 Å². The summed E-state index contributed by atoms with van der Waals surface area (Å²) >= 11 is 0. The van der Waals surface area contributed by atoms with Crippen LogP contribution in [0.2, 0.25) is 0 Å². The van der Waals surface area contributed by atoms with Crippen LogP contribution in [0.5, 0.6) is 0 Å². The molecule has 0 aromatic rings. The zero-order valence-corrected chi connectivity index (χ0v) is 33.4. The second-order valence-corrected chi connectivity index (χ2v) is 14.5. The molecule has 0 bridgehead atoms. The Morgan fingerprint density at radius 1 is 0.431 bits per heavy atom. The Labute approximate surface area is 312 Å². The summed E-state index contributed by atoms with van der Waals surface area (Å²) in [6.45, 7) is 10.1. The van der Waals surface area contributed by atoms with E-state index < -0.39 is 24.5 Å². The molecule has 51 heavy (non-hydrogen) atoms. The Morgan fingerprint density at radius 2 is 0.824 bits per heavy atom. The van der Waals surface area contributed by atoms with Gasteiger partial charge in [0, 0.05) is 12.8 Å². The van der Waals surface area contributed by atoms with Gasteiger partial charge in [0.1, 0.15) is 0 Å². The van der Waals surface area contributed by atoms with Gasteiger partial charge in [-0.2, -0.15) is 0 Å². The van der Waals surface area contributed by atoms with Gasteiger partial charge in [-0.15, -0.1) is 0 Å². The average molecular weight is 727 g/mol. The van der Waals surface area contributed by atoms with Gasteiger partial charge >= 0.3 is 23.9 Å². The van der Waals surface area contributed by atoms with Gasteiger partial charge in [-0.25, -0.2) is 4.79 Å². The Kier molecular flexibility index (Phi) is 34.7. The molecule has 0 aliphatic heterocycles. The molecule has 0 rings (SSSR count). The molecule has 300 valence electrons. The van der Waals surface area contributed by atoms with Crippen molar-refractivity contribution in [1.82, 2.24) is 0 Å². The molecule has 0 aromatic heterocycles. The molecule has 0 fully saturated rings. The van der Waals surface area contributed by atoms with Crippen LogP contribution >= 0.6 is 0 Å². The molecule has 0 heterocycles. The van der Waals surface area contributed by atoms with E-state index in [0.29, 0.717) is 76.4 Å². The van der Waals surface area contributed by atoms with Crippen LogP contribution in [0, 0.1) is 11.8 Å². The molecular weight excluding hydrogens is 648 g/mol. The molecule has 0 spiro atoms. The zero-order chi connectivity index (χ0) is 37.8. The minimum absolute atomic E-state index is 0.109. The number of hydrogen-bond donors (Lipinski definition) is 1. The fourth-order valence-corrected chi connectivity index (χ4v) is 6.10. The minimum atomic E-state index is -1.58. The lowest BCUT2D eigenvalue weighted by Gasteiger charge is -2.17. The van der Waals surface area contributed by atoms with E-state index in [0.717, 1.165) is 51.4 Å². The van der Waals surface area contributed by atoms with Crippen LogP contribution < -0.4 is 0 Å². The maximum Gasteiger partial charge on any atom is 0.335 e. The van der Waals surface area contributed by atoms with Crippen LogP contribution in [0.1, 0.15) is 201 Å². The highest BCUT2D eigenvalue weighted by Crippen LogP contribution is 2.20. The predicted molar refractivity (Wildman–Crippen MR) is 204 cm³/mol. The van der Waals surface area contributed by atoms with E-state index in [1.807, 2.05) is 0 Å². The lowest BCUT2D eigenvalue weighted by Crippen LogP contribution is -2.27. The highest BCUT2D eigenvalue weighted by molar-refractivity contribution is 5.81. The van der Waals surface area contributed by atoms with Crippen LogP contribution in [0.25, 0.3) is 0 Å². The Hall–Kier alpha value is -2.16. The monoisotopic (exact) mass is 727 g/mol. The molecule has 0 amide bonds. The third-order valence-corrected chi connectivity index (χ3v) is 9.51. The number of carbonyl (C=O) groups excluding carboxylic acids is 4. The van der Waals surface area contributed by atoms with Crippen molar-refractivity contribution >= 4 is 23.9 Å². The molecule has 3 atom stereocenters. The first-order valence-electron chi connectivity index (χ1n) is 21.1. The van der Waals surface area contributed by atoms with Crippen LogP contribution in [0.4, 0.5) is 0 Å². The predicted octanol–water partition coefficient (Wildman–Crippen LogP) is 10.4. The molecule has 0 aliphatic carbocycles. The molecule has 0 saturated heterocycles. The highest BCUT2D eigenvalue weighted by atomic mass is 16.6. The van der Waals surface area contributed by atoms with Gasteiger partial charge in [0.05, 0.1) is 32.8 Å². The Bertz CT molecular complexity index is 846. The Morgan fingerprint density at radius 3 is 1.27 bits per heavy atom. The van der Waals surface area contributed by atoms with Gasteiger partial charge in [0.25, 0.3) is 0 Å². The second kappa shape index (κ2) is 36.2. The van der Waals surface area contributed by atoms with Gasteiger partial charge in [0.15, 0.2) is 6.10 Å². The smallest absolute Gasteiger partial charge is 0.335 e. The number of hydrogen-bond acceptors (Lipinski definition) is 9. The van der Waals surface area contributed by atoms with Crippen molar-refractivity contribution in [2.24, 2.45) is 11.8 Å². The summed E-state index contributed by atoms with van der Waals surface area (Å²) in [6, 6.07) is 0. The maximum atomic E-state index is 12.2. The topological polar surface area (TPSA) is 125 Å². The van der Waals surface area contributed by atoms with E-state index in [9.17, 15) is 24.3 Å². The highest BCUT2D eigenvalue weighted by Gasteiger charge is 2.21. The standard InChI is InChI=1S/C42H78O9/c1-5-9-13-15-19-27-36(25-11-7-3)34-50-39(44)29-21-17-23-31-48-41(46)33-38(43)42(47)49-32-24-18-22-30-40(45)51-35-37(26-12-8-4)28-20-16-14-10-6-2/h36-38,43H,5-35H2,1-4H3. The van der Waals surface area contributed by atoms with Crippen molar-refractivity contribution in [3.8, 4) is 0 Å². The van der Waals surface area contributed by atoms with E-state index in [4.69, 9.17) is 18.9 Å². The van der Waals surface area contributed by atoms with Gasteiger partial charge in [-0.1, -0.05) is 118 Å².